The Morgan fingerprint density at radius 1 is 1.29 bits per heavy atom. The minimum absolute atomic E-state index is 0.372. The van der Waals surface area contributed by atoms with Crippen LogP contribution in [0.15, 0.2) is 46.9 Å². The Balaban J connectivity index is 2.00. The Morgan fingerprint density at radius 2 is 2.00 bits per heavy atom. The van der Waals surface area contributed by atoms with Gasteiger partial charge in [-0.3, -0.25) is 0 Å². The maximum Gasteiger partial charge on any atom is 0.118 e. The number of nitriles is 1. The van der Waals surface area contributed by atoms with Crippen molar-refractivity contribution >= 4 is 21.6 Å². The van der Waals surface area contributed by atoms with Crippen LogP contribution in [0.4, 0.5) is 5.69 Å². The van der Waals surface area contributed by atoms with Crippen LogP contribution in [0, 0.1) is 11.3 Å². The summed E-state index contributed by atoms with van der Waals surface area (Å²) in [5, 5.41) is 22.1. The van der Waals surface area contributed by atoms with E-state index in [0.717, 1.165) is 21.5 Å². The van der Waals surface area contributed by atoms with Gasteiger partial charge in [0.25, 0.3) is 0 Å². The summed E-state index contributed by atoms with van der Waals surface area (Å²) in [4.78, 5) is 0. The molecule has 0 heterocycles. The van der Waals surface area contributed by atoms with E-state index < -0.39 is 6.10 Å². The van der Waals surface area contributed by atoms with Crippen LogP contribution in [-0.4, -0.2) is 18.8 Å². The van der Waals surface area contributed by atoms with Crippen LogP contribution in [0.1, 0.15) is 17.2 Å². The number of methoxy groups -OCH3 is 1. The number of ether oxygens (including phenoxy) is 1. The molecule has 4 nitrogen and oxygen atoms in total. The Kier molecular flexibility index (Phi) is 5.20. The van der Waals surface area contributed by atoms with Crippen molar-refractivity contribution in [1.29, 1.82) is 5.26 Å². The first-order valence-corrected chi connectivity index (χ1v) is 7.19. The largest absolute Gasteiger partial charge is 0.497 e. The topological polar surface area (TPSA) is 65.3 Å². The van der Waals surface area contributed by atoms with Crippen LogP contribution < -0.4 is 10.1 Å². The van der Waals surface area contributed by atoms with Gasteiger partial charge in [0, 0.05) is 16.7 Å². The average Bonchev–Trinajstić information content (AvgIpc) is 2.53. The molecule has 2 rings (SSSR count). The molecular formula is C16H15BrN2O2. The predicted molar refractivity (Wildman–Crippen MR) is 85.3 cm³/mol. The first-order valence-electron chi connectivity index (χ1n) is 6.39. The second-order valence-electron chi connectivity index (χ2n) is 4.48. The molecule has 0 saturated heterocycles. The summed E-state index contributed by atoms with van der Waals surface area (Å²) in [6, 6.07) is 14.6. The van der Waals surface area contributed by atoms with E-state index in [2.05, 4.69) is 27.3 Å². The molecule has 21 heavy (non-hydrogen) atoms. The van der Waals surface area contributed by atoms with Gasteiger partial charge in [0.05, 0.1) is 24.8 Å². The summed E-state index contributed by atoms with van der Waals surface area (Å²) < 4.78 is 5.88. The van der Waals surface area contributed by atoms with E-state index in [1.54, 1.807) is 19.2 Å². The van der Waals surface area contributed by atoms with Crippen molar-refractivity contribution in [2.24, 2.45) is 0 Å². The molecule has 0 bridgehead atoms. The molecule has 0 amide bonds. The van der Waals surface area contributed by atoms with Gasteiger partial charge in [-0.2, -0.15) is 5.26 Å². The zero-order chi connectivity index (χ0) is 15.2. The lowest BCUT2D eigenvalue weighted by Gasteiger charge is -2.14. The molecule has 1 unspecified atom stereocenters. The SMILES string of the molecule is COc1ccc(C(O)CNc2ccc(C#N)cc2Br)cc1. The van der Waals surface area contributed by atoms with Gasteiger partial charge in [-0.15, -0.1) is 0 Å². The fraction of sp³-hybridized carbons (Fsp3) is 0.188. The molecule has 2 aromatic rings. The first-order chi connectivity index (χ1) is 10.1. The van der Waals surface area contributed by atoms with Crippen molar-refractivity contribution in [2.75, 3.05) is 19.0 Å². The lowest BCUT2D eigenvalue weighted by molar-refractivity contribution is 0.191. The zero-order valence-corrected chi connectivity index (χ0v) is 13.1. The van der Waals surface area contributed by atoms with Crippen molar-refractivity contribution in [3.05, 3.63) is 58.1 Å². The number of nitrogens with one attached hydrogen (secondary N) is 1. The van der Waals surface area contributed by atoms with Crippen LogP contribution in [0.3, 0.4) is 0 Å². The third-order valence-electron chi connectivity index (χ3n) is 3.08. The molecular weight excluding hydrogens is 332 g/mol. The van der Waals surface area contributed by atoms with Gasteiger partial charge in [0.2, 0.25) is 0 Å². The van der Waals surface area contributed by atoms with E-state index >= 15 is 0 Å². The lowest BCUT2D eigenvalue weighted by Crippen LogP contribution is -2.12. The summed E-state index contributed by atoms with van der Waals surface area (Å²) in [6.07, 6.45) is -0.626. The van der Waals surface area contributed by atoms with Crippen molar-refractivity contribution < 1.29 is 9.84 Å². The van der Waals surface area contributed by atoms with Gasteiger partial charge < -0.3 is 15.2 Å². The van der Waals surface area contributed by atoms with E-state index in [4.69, 9.17) is 10.00 Å². The quantitative estimate of drug-likeness (QED) is 0.869. The average molecular weight is 347 g/mol. The molecule has 0 aliphatic carbocycles. The van der Waals surface area contributed by atoms with Crippen LogP contribution in [0.2, 0.25) is 0 Å². The standard InChI is InChI=1S/C16H15BrN2O2/c1-21-13-5-3-12(4-6-13)16(20)10-19-15-7-2-11(9-18)8-14(15)17/h2-8,16,19-20H,10H2,1H3. The minimum atomic E-state index is -0.626. The van der Waals surface area contributed by atoms with Gasteiger partial charge in [-0.25, -0.2) is 0 Å². The molecule has 0 saturated carbocycles. The number of aliphatic hydroxyl groups is 1. The van der Waals surface area contributed by atoms with Crippen molar-refractivity contribution in [2.45, 2.75) is 6.10 Å². The summed E-state index contributed by atoms with van der Waals surface area (Å²) in [5.41, 5.74) is 2.23. The second-order valence-corrected chi connectivity index (χ2v) is 5.33. The van der Waals surface area contributed by atoms with Crippen molar-refractivity contribution in [3.8, 4) is 11.8 Å². The minimum Gasteiger partial charge on any atom is -0.497 e. The number of benzene rings is 2. The summed E-state index contributed by atoms with van der Waals surface area (Å²) in [6.45, 7) is 0.372. The number of halogens is 1. The highest BCUT2D eigenvalue weighted by Crippen LogP contribution is 2.25. The fourth-order valence-electron chi connectivity index (χ4n) is 1.88. The molecule has 0 radical (unpaired) electrons. The third-order valence-corrected chi connectivity index (χ3v) is 3.74. The first kappa shape index (κ1) is 15.4. The maximum atomic E-state index is 10.2. The molecule has 2 aromatic carbocycles. The second kappa shape index (κ2) is 7.11. The number of anilines is 1. The van der Waals surface area contributed by atoms with E-state index in [9.17, 15) is 5.11 Å². The number of aliphatic hydroxyl groups excluding tert-OH is 1. The lowest BCUT2D eigenvalue weighted by atomic mass is 10.1. The highest BCUT2D eigenvalue weighted by Gasteiger charge is 2.09. The van der Waals surface area contributed by atoms with Crippen LogP contribution >= 0.6 is 15.9 Å². The highest BCUT2D eigenvalue weighted by molar-refractivity contribution is 9.10. The van der Waals surface area contributed by atoms with E-state index in [-0.39, 0.29) is 0 Å². The molecule has 0 spiro atoms. The Bertz CT molecular complexity index is 650. The van der Waals surface area contributed by atoms with Crippen LogP contribution in [0.25, 0.3) is 0 Å². The molecule has 108 valence electrons. The van der Waals surface area contributed by atoms with Crippen molar-refractivity contribution in [3.63, 3.8) is 0 Å². The van der Waals surface area contributed by atoms with Crippen LogP contribution in [-0.2, 0) is 0 Å². The molecule has 5 heteroatoms. The smallest absolute Gasteiger partial charge is 0.118 e. The van der Waals surface area contributed by atoms with Gasteiger partial charge in [-0.1, -0.05) is 12.1 Å². The number of hydrogen-bond acceptors (Lipinski definition) is 4. The van der Waals surface area contributed by atoms with Gasteiger partial charge >= 0.3 is 0 Å². The molecule has 1 atom stereocenters. The molecule has 0 fully saturated rings. The number of hydrogen-bond donors (Lipinski definition) is 2. The summed E-state index contributed by atoms with van der Waals surface area (Å²) in [7, 11) is 1.61. The normalized spacial score (nSPS) is 11.5. The van der Waals surface area contributed by atoms with Crippen molar-refractivity contribution in [1.82, 2.24) is 0 Å². The molecule has 2 N–H and O–H groups in total. The Morgan fingerprint density at radius 3 is 2.57 bits per heavy atom. The van der Waals surface area contributed by atoms with Gasteiger partial charge in [0.1, 0.15) is 5.75 Å². The number of nitrogens with zero attached hydrogens (tertiary/aromatic N) is 1. The highest BCUT2D eigenvalue weighted by atomic mass is 79.9. The monoisotopic (exact) mass is 346 g/mol. The Hall–Kier alpha value is -2.03. The van der Waals surface area contributed by atoms with Crippen LogP contribution in [0.5, 0.6) is 5.75 Å². The molecule has 0 aliphatic rings. The third kappa shape index (κ3) is 3.97. The molecule has 0 aliphatic heterocycles. The molecule has 0 aromatic heterocycles. The van der Waals surface area contributed by atoms with E-state index in [1.807, 2.05) is 30.3 Å². The van der Waals surface area contributed by atoms with Gasteiger partial charge in [0.15, 0.2) is 0 Å². The van der Waals surface area contributed by atoms with E-state index in [0.29, 0.717) is 12.1 Å². The summed E-state index contributed by atoms with van der Waals surface area (Å²) >= 11 is 3.40. The summed E-state index contributed by atoms with van der Waals surface area (Å²) in [5.74, 6) is 0.758. The fourth-order valence-corrected chi connectivity index (χ4v) is 2.40. The maximum absolute atomic E-state index is 10.2. The van der Waals surface area contributed by atoms with Gasteiger partial charge in [-0.05, 0) is 51.8 Å². The Labute approximate surface area is 132 Å². The number of rotatable bonds is 5. The zero-order valence-electron chi connectivity index (χ0n) is 11.5. The van der Waals surface area contributed by atoms with E-state index in [1.165, 1.54) is 0 Å². The predicted octanol–water partition coefficient (Wildman–Crippen LogP) is 3.47.